The molecule has 110 valence electrons. The van der Waals surface area contributed by atoms with Crippen LogP contribution in [0.3, 0.4) is 0 Å². The number of nitrogens with zero attached hydrogens (tertiary/aromatic N) is 1. The predicted molar refractivity (Wildman–Crippen MR) is 80.6 cm³/mol. The average molecular weight is 277 g/mol. The van der Waals surface area contributed by atoms with E-state index in [4.69, 9.17) is 5.73 Å². The van der Waals surface area contributed by atoms with Gasteiger partial charge in [-0.2, -0.15) is 0 Å². The van der Waals surface area contributed by atoms with Crippen molar-refractivity contribution < 1.29 is 9.59 Å². The maximum atomic E-state index is 12.6. The number of amides is 2. The van der Waals surface area contributed by atoms with Crippen LogP contribution in [0, 0.1) is 13.8 Å². The third-order valence-electron chi connectivity index (χ3n) is 3.24. The van der Waals surface area contributed by atoms with Crippen LogP contribution in [0.5, 0.6) is 0 Å². The highest BCUT2D eigenvalue weighted by Gasteiger charge is 2.20. The highest BCUT2D eigenvalue weighted by molar-refractivity contribution is 5.98. The number of aryl methyl sites for hydroxylation is 2. The summed E-state index contributed by atoms with van der Waals surface area (Å²) in [5, 5.41) is 2.54. The molecule has 2 amide bonds. The van der Waals surface area contributed by atoms with E-state index in [0.717, 1.165) is 17.5 Å². The molecule has 5 heteroatoms. The molecule has 1 rings (SSSR count). The van der Waals surface area contributed by atoms with E-state index in [1.54, 1.807) is 18.0 Å². The first-order chi connectivity index (χ1) is 9.40. The zero-order valence-electron chi connectivity index (χ0n) is 12.6. The molecule has 3 N–H and O–H groups in total. The van der Waals surface area contributed by atoms with Crippen molar-refractivity contribution in [2.24, 2.45) is 0 Å². The average Bonchev–Trinajstić information content (AvgIpc) is 2.41. The van der Waals surface area contributed by atoms with Gasteiger partial charge in [-0.05, 0) is 37.5 Å². The number of rotatable bonds is 5. The van der Waals surface area contributed by atoms with Crippen LogP contribution in [0.25, 0.3) is 0 Å². The van der Waals surface area contributed by atoms with Gasteiger partial charge in [0.25, 0.3) is 5.91 Å². The van der Waals surface area contributed by atoms with Gasteiger partial charge in [-0.1, -0.05) is 13.0 Å². The Hall–Kier alpha value is -2.04. The molecule has 0 aliphatic heterocycles. The molecule has 0 bridgehead atoms. The molecular formula is C15H23N3O2. The molecule has 1 aromatic rings. The highest BCUT2D eigenvalue weighted by atomic mass is 16.2. The molecule has 0 fully saturated rings. The van der Waals surface area contributed by atoms with Crippen molar-refractivity contribution in [2.45, 2.75) is 27.2 Å². The van der Waals surface area contributed by atoms with Crippen LogP contribution >= 0.6 is 0 Å². The first kappa shape index (κ1) is 16.0. The molecule has 0 aromatic heterocycles. The Morgan fingerprint density at radius 3 is 2.45 bits per heavy atom. The van der Waals surface area contributed by atoms with Crippen molar-refractivity contribution in [1.29, 1.82) is 0 Å². The zero-order valence-corrected chi connectivity index (χ0v) is 12.6. The van der Waals surface area contributed by atoms with Crippen LogP contribution in [0.1, 0.15) is 34.8 Å². The van der Waals surface area contributed by atoms with Gasteiger partial charge in [0.15, 0.2) is 0 Å². The summed E-state index contributed by atoms with van der Waals surface area (Å²) < 4.78 is 0. The van der Waals surface area contributed by atoms with E-state index in [-0.39, 0.29) is 18.4 Å². The van der Waals surface area contributed by atoms with Gasteiger partial charge in [0.05, 0.1) is 6.54 Å². The Kier molecular flexibility index (Phi) is 5.55. The van der Waals surface area contributed by atoms with Crippen molar-refractivity contribution in [1.82, 2.24) is 10.2 Å². The number of anilines is 1. The fourth-order valence-electron chi connectivity index (χ4n) is 2.04. The summed E-state index contributed by atoms with van der Waals surface area (Å²) in [4.78, 5) is 25.6. The van der Waals surface area contributed by atoms with E-state index >= 15 is 0 Å². The first-order valence-corrected chi connectivity index (χ1v) is 6.77. The Morgan fingerprint density at radius 2 is 1.90 bits per heavy atom. The van der Waals surface area contributed by atoms with E-state index < -0.39 is 0 Å². The standard InChI is InChI=1S/C15H23N3O2/c1-5-6-18(9-14(19)17-4)15(20)12-8-13(16)11(3)7-10(12)2/h7-8H,5-6,9,16H2,1-4H3,(H,17,19). The number of carbonyl (C=O) groups is 2. The van der Waals surface area contributed by atoms with Crippen LogP contribution in [0.2, 0.25) is 0 Å². The lowest BCUT2D eigenvalue weighted by atomic mass is 10.0. The number of carbonyl (C=O) groups excluding carboxylic acids is 2. The minimum atomic E-state index is -0.176. The summed E-state index contributed by atoms with van der Waals surface area (Å²) in [6.07, 6.45) is 0.795. The van der Waals surface area contributed by atoms with Crippen molar-refractivity contribution >= 4 is 17.5 Å². The maximum Gasteiger partial charge on any atom is 0.254 e. The topological polar surface area (TPSA) is 75.4 Å². The van der Waals surface area contributed by atoms with Crippen molar-refractivity contribution in [2.75, 3.05) is 25.9 Å². The van der Waals surface area contributed by atoms with Gasteiger partial charge in [0.2, 0.25) is 5.91 Å². The lowest BCUT2D eigenvalue weighted by Gasteiger charge is -2.22. The van der Waals surface area contributed by atoms with E-state index in [0.29, 0.717) is 17.8 Å². The predicted octanol–water partition coefficient (Wildman–Crippen LogP) is 1.48. The summed E-state index contributed by atoms with van der Waals surface area (Å²) in [6, 6.07) is 3.59. The third-order valence-corrected chi connectivity index (χ3v) is 3.24. The second kappa shape index (κ2) is 6.93. The van der Waals surface area contributed by atoms with E-state index in [1.165, 1.54) is 0 Å². The van der Waals surface area contributed by atoms with Crippen LogP contribution in [0.4, 0.5) is 5.69 Å². The molecule has 0 unspecified atom stereocenters. The van der Waals surface area contributed by atoms with Crippen molar-refractivity contribution in [3.63, 3.8) is 0 Å². The number of nitrogens with one attached hydrogen (secondary N) is 1. The van der Waals surface area contributed by atoms with E-state index in [9.17, 15) is 9.59 Å². The summed E-state index contributed by atoms with van der Waals surface area (Å²) in [7, 11) is 1.56. The SMILES string of the molecule is CCCN(CC(=O)NC)C(=O)c1cc(N)c(C)cc1C. The molecule has 0 heterocycles. The van der Waals surface area contributed by atoms with Gasteiger partial charge in [-0.25, -0.2) is 0 Å². The number of nitrogen functional groups attached to an aromatic ring is 1. The second-order valence-corrected chi connectivity index (χ2v) is 4.92. The van der Waals surface area contributed by atoms with Gasteiger partial charge in [-0.15, -0.1) is 0 Å². The minimum absolute atomic E-state index is 0.0659. The van der Waals surface area contributed by atoms with Gasteiger partial charge in [0, 0.05) is 24.8 Å². The second-order valence-electron chi connectivity index (χ2n) is 4.92. The summed E-state index contributed by atoms with van der Waals surface area (Å²) in [6.45, 7) is 6.37. The summed E-state index contributed by atoms with van der Waals surface area (Å²) in [5.74, 6) is -0.329. The minimum Gasteiger partial charge on any atom is -0.398 e. The first-order valence-electron chi connectivity index (χ1n) is 6.77. The lowest BCUT2D eigenvalue weighted by Crippen LogP contribution is -2.40. The Morgan fingerprint density at radius 1 is 1.25 bits per heavy atom. The van der Waals surface area contributed by atoms with Crippen molar-refractivity contribution in [3.8, 4) is 0 Å². The molecule has 0 radical (unpaired) electrons. The molecule has 0 aliphatic rings. The third kappa shape index (κ3) is 3.73. The van der Waals surface area contributed by atoms with Crippen LogP contribution in [-0.4, -0.2) is 36.9 Å². The van der Waals surface area contributed by atoms with Gasteiger partial charge >= 0.3 is 0 Å². The maximum absolute atomic E-state index is 12.6. The monoisotopic (exact) mass is 277 g/mol. The number of nitrogens with two attached hydrogens (primary N) is 1. The van der Waals surface area contributed by atoms with Crippen LogP contribution in [0.15, 0.2) is 12.1 Å². The molecule has 0 saturated carbocycles. The Balaban J connectivity index is 3.05. The van der Waals surface area contributed by atoms with Crippen LogP contribution in [-0.2, 0) is 4.79 Å². The van der Waals surface area contributed by atoms with Crippen LogP contribution < -0.4 is 11.1 Å². The molecule has 0 spiro atoms. The van der Waals surface area contributed by atoms with Gasteiger partial charge in [-0.3, -0.25) is 9.59 Å². The Labute approximate surface area is 120 Å². The fourth-order valence-corrected chi connectivity index (χ4v) is 2.04. The summed E-state index contributed by atoms with van der Waals surface area (Å²) >= 11 is 0. The molecule has 20 heavy (non-hydrogen) atoms. The molecule has 1 aromatic carbocycles. The normalized spacial score (nSPS) is 10.2. The smallest absolute Gasteiger partial charge is 0.254 e. The fraction of sp³-hybridized carbons (Fsp3) is 0.467. The molecule has 0 aliphatic carbocycles. The number of benzene rings is 1. The number of likely N-dealkylation sites (N-methyl/N-ethyl adjacent to an activating group) is 1. The van der Waals surface area contributed by atoms with E-state index in [2.05, 4.69) is 5.32 Å². The van der Waals surface area contributed by atoms with Gasteiger partial charge < -0.3 is 16.0 Å². The highest BCUT2D eigenvalue weighted by Crippen LogP contribution is 2.19. The number of hydrogen-bond acceptors (Lipinski definition) is 3. The van der Waals surface area contributed by atoms with Crippen molar-refractivity contribution in [3.05, 3.63) is 28.8 Å². The van der Waals surface area contributed by atoms with Gasteiger partial charge in [0.1, 0.15) is 0 Å². The Bertz CT molecular complexity index is 512. The largest absolute Gasteiger partial charge is 0.398 e. The summed E-state index contributed by atoms with van der Waals surface area (Å²) in [5.41, 5.74) is 8.86. The molecular weight excluding hydrogens is 254 g/mol. The quantitative estimate of drug-likeness (QED) is 0.801. The van der Waals surface area contributed by atoms with E-state index in [1.807, 2.05) is 26.8 Å². The lowest BCUT2D eigenvalue weighted by molar-refractivity contribution is -0.121. The number of hydrogen-bond donors (Lipinski definition) is 2. The molecule has 0 saturated heterocycles. The molecule has 0 atom stereocenters. The molecule has 5 nitrogen and oxygen atoms in total. The zero-order chi connectivity index (χ0) is 15.3.